The minimum atomic E-state index is 0.287. The molecule has 3 aliphatic rings. The second kappa shape index (κ2) is 5.54. The Hall–Kier alpha value is -1.51. The van der Waals surface area contributed by atoms with Gasteiger partial charge in [0.15, 0.2) is 0 Å². The quantitative estimate of drug-likeness (QED) is 0.833. The van der Waals surface area contributed by atoms with Gasteiger partial charge in [-0.1, -0.05) is 25.8 Å². The Balaban J connectivity index is 1.82. The van der Waals surface area contributed by atoms with Crippen molar-refractivity contribution in [3.8, 4) is 5.75 Å². The molecule has 1 saturated carbocycles. The predicted molar refractivity (Wildman–Crippen MR) is 90.7 cm³/mol. The van der Waals surface area contributed by atoms with Crippen molar-refractivity contribution in [2.24, 2.45) is 5.92 Å². The standard InChI is InChI=1S/C20H27NO2/c1-3-19(22)21-11-10-20-9-5-4-6-16(20)18(21)12-14-7-8-15(23-2)13-17(14)20/h7-8,13,16,18H,3-6,9-12H2,1-2H3/t16-,18+,20+/m0/s1. The lowest BCUT2D eigenvalue weighted by Crippen LogP contribution is -2.62. The van der Waals surface area contributed by atoms with Crippen molar-refractivity contribution in [1.29, 1.82) is 0 Å². The zero-order chi connectivity index (χ0) is 16.0. The number of carbonyl (C=O) groups is 1. The van der Waals surface area contributed by atoms with Gasteiger partial charge in [-0.15, -0.1) is 0 Å². The third-order valence-corrected chi connectivity index (χ3v) is 6.67. The number of rotatable bonds is 2. The fourth-order valence-corrected chi connectivity index (χ4v) is 5.62. The minimum Gasteiger partial charge on any atom is -0.497 e. The molecular weight excluding hydrogens is 286 g/mol. The number of fused-ring (bicyclic) bond motifs is 1. The molecule has 124 valence electrons. The second-order valence-corrected chi connectivity index (χ2v) is 7.49. The molecule has 0 radical (unpaired) electrons. The lowest BCUT2D eigenvalue weighted by molar-refractivity contribution is -0.140. The molecule has 1 saturated heterocycles. The summed E-state index contributed by atoms with van der Waals surface area (Å²) in [7, 11) is 1.76. The summed E-state index contributed by atoms with van der Waals surface area (Å²) in [4.78, 5) is 14.7. The number of carbonyl (C=O) groups excluding carboxylic acids is 1. The predicted octanol–water partition coefficient (Wildman–Crippen LogP) is 3.69. The molecule has 2 aliphatic carbocycles. The normalized spacial score (nSPS) is 32.0. The third kappa shape index (κ3) is 2.12. The van der Waals surface area contributed by atoms with E-state index < -0.39 is 0 Å². The van der Waals surface area contributed by atoms with Crippen LogP contribution in [0, 0.1) is 5.92 Å². The van der Waals surface area contributed by atoms with E-state index in [0.29, 0.717) is 24.3 Å². The van der Waals surface area contributed by atoms with E-state index in [-0.39, 0.29) is 5.41 Å². The summed E-state index contributed by atoms with van der Waals surface area (Å²) in [5.41, 5.74) is 3.26. The number of hydrogen-bond acceptors (Lipinski definition) is 2. The summed E-state index contributed by atoms with van der Waals surface area (Å²) in [6, 6.07) is 7.03. The van der Waals surface area contributed by atoms with Gasteiger partial charge in [-0.3, -0.25) is 4.79 Å². The molecule has 1 heterocycles. The molecule has 0 aromatic heterocycles. The second-order valence-electron chi connectivity index (χ2n) is 7.49. The smallest absolute Gasteiger partial charge is 0.222 e. The van der Waals surface area contributed by atoms with Crippen LogP contribution in [-0.2, 0) is 16.6 Å². The Labute approximate surface area is 139 Å². The molecule has 2 fully saturated rings. The lowest BCUT2D eigenvalue weighted by atomic mass is 9.52. The highest BCUT2D eigenvalue weighted by molar-refractivity contribution is 5.76. The molecule has 3 nitrogen and oxygen atoms in total. The highest BCUT2D eigenvalue weighted by Crippen LogP contribution is 2.56. The van der Waals surface area contributed by atoms with E-state index >= 15 is 0 Å². The van der Waals surface area contributed by atoms with Gasteiger partial charge in [0.2, 0.25) is 5.91 Å². The number of hydrogen-bond donors (Lipinski definition) is 0. The first-order chi connectivity index (χ1) is 11.2. The number of nitrogens with zero attached hydrogens (tertiary/aromatic N) is 1. The van der Waals surface area contributed by atoms with E-state index in [4.69, 9.17) is 4.74 Å². The van der Waals surface area contributed by atoms with E-state index in [0.717, 1.165) is 25.1 Å². The number of piperidine rings is 1. The fourth-order valence-electron chi connectivity index (χ4n) is 5.62. The number of benzene rings is 1. The van der Waals surface area contributed by atoms with Crippen LogP contribution in [0.4, 0.5) is 0 Å². The van der Waals surface area contributed by atoms with Crippen LogP contribution in [0.25, 0.3) is 0 Å². The van der Waals surface area contributed by atoms with E-state index in [9.17, 15) is 4.79 Å². The van der Waals surface area contributed by atoms with Gasteiger partial charge < -0.3 is 9.64 Å². The first-order valence-corrected chi connectivity index (χ1v) is 9.16. The van der Waals surface area contributed by atoms with Crippen molar-refractivity contribution >= 4 is 5.91 Å². The van der Waals surface area contributed by atoms with Crippen LogP contribution in [0.1, 0.15) is 56.6 Å². The molecule has 23 heavy (non-hydrogen) atoms. The number of amides is 1. The SMILES string of the molecule is CCC(=O)N1CC[C@]23CCCC[C@H]2[C@H]1Cc1ccc(OC)cc13. The third-order valence-electron chi connectivity index (χ3n) is 6.67. The van der Waals surface area contributed by atoms with Crippen LogP contribution in [0.5, 0.6) is 5.75 Å². The Morgan fingerprint density at radius 2 is 2.22 bits per heavy atom. The summed E-state index contributed by atoms with van der Waals surface area (Å²) >= 11 is 0. The summed E-state index contributed by atoms with van der Waals surface area (Å²) in [6.45, 7) is 2.93. The minimum absolute atomic E-state index is 0.287. The number of methoxy groups -OCH3 is 1. The Morgan fingerprint density at radius 3 is 3.00 bits per heavy atom. The summed E-state index contributed by atoms with van der Waals surface area (Å²) in [5, 5.41) is 0. The first kappa shape index (κ1) is 15.0. The Kier molecular flexibility index (Phi) is 3.62. The van der Waals surface area contributed by atoms with Gasteiger partial charge in [0, 0.05) is 24.4 Å². The van der Waals surface area contributed by atoms with Gasteiger partial charge >= 0.3 is 0 Å². The number of likely N-dealkylation sites (tertiary alicyclic amines) is 1. The molecule has 2 bridgehead atoms. The largest absolute Gasteiger partial charge is 0.497 e. The summed E-state index contributed by atoms with van der Waals surface area (Å²) < 4.78 is 5.51. The van der Waals surface area contributed by atoms with Gasteiger partial charge in [-0.25, -0.2) is 0 Å². The van der Waals surface area contributed by atoms with Crippen molar-refractivity contribution in [3.05, 3.63) is 29.3 Å². The molecule has 3 atom stereocenters. The lowest BCUT2D eigenvalue weighted by Gasteiger charge is -2.59. The van der Waals surface area contributed by atoms with Crippen molar-refractivity contribution in [1.82, 2.24) is 4.90 Å². The van der Waals surface area contributed by atoms with E-state index in [2.05, 4.69) is 23.1 Å². The van der Waals surface area contributed by atoms with Gasteiger partial charge in [0.25, 0.3) is 0 Å². The molecule has 1 aromatic rings. The van der Waals surface area contributed by atoms with E-state index in [1.807, 2.05) is 6.92 Å². The van der Waals surface area contributed by atoms with Crippen molar-refractivity contribution < 1.29 is 9.53 Å². The van der Waals surface area contributed by atoms with Gasteiger partial charge in [-0.2, -0.15) is 0 Å². The highest BCUT2D eigenvalue weighted by atomic mass is 16.5. The van der Waals surface area contributed by atoms with Crippen LogP contribution in [0.3, 0.4) is 0 Å². The zero-order valence-corrected chi connectivity index (χ0v) is 14.3. The highest BCUT2D eigenvalue weighted by Gasteiger charge is 2.54. The maximum absolute atomic E-state index is 12.5. The average Bonchev–Trinajstić information content (AvgIpc) is 2.61. The summed E-state index contributed by atoms with van der Waals surface area (Å²) in [6.07, 6.45) is 7.97. The first-order valence-electron chi connectivity index (χ1n) is 9.16. The topological polar surface area (TPSA) is 29.5 Å². The van der Waals surface area contributed by atoms with Gasteiger partial charge in [-0.05, 0) is 54.9 Å². The fraction of sp³-hybridized carbons (Fsp3) is 0.650. The maximum atomic E-state index is 12.5. The van der Waals surface area contributed by atoms with Crippen molar-refractivity contribution in [2.75, 3.05) is 13.7 Å². The van der Waals surface area contributed by atoms with Crippen LogP contribution < -0.4 is 4.74 Å². The van der Waals surface area contributed by atoms with Crippen molar-refractivity contribution in [2.45, 2.75) is 63.3 Å². The molecular formula is C20H27NO2. The van der Waals surface area contributed by atoms with Crippen LogP contribution in [-0.4, -0.2) is 30.5 Å². The van der Waals surface area contributed by atoms with Crippen molar-refractivity contribution in [3.63, 3.8) is 0 Å². The average molecular weight is 313 g/mol. The molecule has 1 aromatic carbocycles. The van der Waals surface area contributed by atoms with Crippen LogP contribution in [0.2, 0.25) is 0 Å². The molecule has 0 N–H and O–H groups in total. The van der Waals surface area contributed by atoms with Crippen LogP contribution in [0.15, 0.2) is 18.2 Å². The van der Waals surface area contributed by atoms with Crippen LogP contribution >= 0.6 is 0 Å². The Morgan fingerprint density at radius 1 is 1.35 bits per heavy atom. The molecule has 4 rings (SSSR count). The molecule has 1 amide bonds. The molecule has 1 aliphatic heterocycles. The Bertz CT molecular complexity index is 626. The van der Waals surface area contributed by atoms with Gasteiger partial charge in [0.05, 0.1) is 7.11 Å². The van der Waals surface area contributed by atoms with E-state index in [1.54, 1.807) is 7.11 Å². The molecule has 0 unspecified atom stereocenters. The van der Waals surface area contributed by atoms with E-state index in [1.165, 1.54) is 36.8 Å². The number of ether oxygens (including phenoxy) is 1. The maximum Gasteiger partial charge on any atom is 0.222 e. The summed E-state index contributed by atoms with van der Waals surface area (Å²) in [5.74, 6) is 1.96. The monoisotopic (exact) mass is 313 g/mol. The molecule has 0 spiro atoms. The zero-order valence-electron chi connectivity index (χ0n) is 14.3. The molecule has 3 heteroatoms. The van der Waals surface area contributed by atoms with Gasteiger partial charge in [0.1, 0.15) is 5.75 Å².